The van der Waals surface area contributed by atoms with E-state index in [0.29, 0.717) is 18.9 Å². The molecule has 1 aromatic rings. The lowest BCUT2D eigenvalue weighted by Crippen LogP contribution is -2.51. The van der Waals surface area contributed by atoms with E-state index in [0.717, 1.165) is 16.9 Å². The van der Waals surface area contributed by atoms with Crippen molar-refractivity contribution in [3.63, 3.8) is 0 Å². The SMILES string of the molecule is CON1C(=O)Cc2cc(C(C)C)cc3c2[C@]1(C)CO3. The highest BCUT2D eigenvalue weighted by molar-refractivity contribution is 5.83. The molecule has 1 atom stereocenters. The van der Waals surface area contributed by atoms with Crippen molar-refractivity contribution in [2.24, 2.45) is 0 Å². The fraction of sp³-hybridized carbons (Fsp3) is 0.533. The van der Waals surface area contributed by atoms with Gasteiger partial charge in [0.05, 0.1) is 13.5 Å². The molecule has 1 aromatic carbocycles. The average Bonchev–Trinajstić information content (AvgIpc) is 2.68. The number of carbonyl (C=O) groups is 1. The minimum Gasteiger partial charge on any atom is -0.490 e. The first kappa shape index (κ1) is 12.5. The van der Waals surface area contributed by atoms with Crippen LogP contribution in [0.3, 0.4) is 0 Å². The van der Waals surface area contributed by atoms with E-state index in [9.17, 15) is 4.79 Å². The van der Waals surface area contributed by atoms with Crippen molar-refractivity contribution < 1.29 is 14.4 Å². The molecule has 0 unspecified atom stereocenters. The van der Waals surface area contributed by atoms with Crippen LogP contribution < -0.4 is 4.74 Å². The van der Waals surface area contributed by atoms with Gasteiger partial charge in [0, 0.05) is 5.56 Å². The maximum absolute atomic E-state index is 12.2. The van der Waals surface area contributed by atoms with Gasteiger partial charge in [-0.15, -0.1) is 0 Å². The van der Waals surface area contributed by atoms with Gasteiger partial charge in [-0.2, -0.15) is 0 Å². The highest BCUT2D eigenvalue weighted by atomic mass is 16.7. The number of hydroxylamine groups is 2. The summed E-state index contributed by atoms with van der Waals surface area (Å²) in [5.74, 6) is 1.32. The van der Waals surface area contributed by atoms with Gasteiger partial charge in [0.2, 0.25) is 0 Å². The van der Waals surface area contributed by atoms with Crippen molar-refractivity contribution in [1.82, 2.24) is 5.06 Å². The smallest absolute Gasteiger partial charge is 0.251 e. The van der Waals surface area contributed by atoms with Crippen LogP contribution in [0.1, 0.15) is 43.4 Å². The molecule has 0 spiro atoms. The van der Waals surface area contributed by atoms with Crippen LogP contribution in [-0.2, 0) is 21.6 Å². The summed E-state index contributed by atoms with van der Waals surface area (Å²) in [6.45, 7) is 6.75. The van der Waals surface area contributed by atoms with Crippen LogP contribution in [-0.4, -0.2) is 24.7 Å². The Bertz CT molecular complexity index is 553. The second-order valence-electron chi connectivity index (χ2n) is 5.82. The molecule has 1 amide bonds. The van der Waals surface area contributed by atoms with Crippen LogP contribution in [0, 0.1) is 0 Å². The van der Waals surface area contributed by atoms with E-state index in [1.807, 2.05) is 6.92 Å². The van der Waals surface area contributed by atoms with E-state index in [4.69, 9.17) is 9.57 Å². The number of amides is 1. The minimum absolute atomic E-state index is 0.00476. The molecule has 0 aromatic heterocycles. The fourth-order valence-corrected chi connectivity index (χ4v) is 3.16. The molecule has 2 heterocycles. The summed E-state index contributed by atoms with van der Waals surface area (Å²) in [7, 11) is 1.54. The zero-order valence-corrected chi connectivity index (χ0v) is 11.8. The standard InChI is InChI=1S/C15H19NO3/c1-9(2)10-5-11-7-13(17)16(18-4)15(3)8-19-12(6-10)14(11)15/h5-6,9H,7-8H2,1-4H3/t15-/m0/s1. The molecule has 3 rings (SSSR count). The van der Waals surface area contributed by atoms with E-state index in [-0.39, 0.29) is 5.91 Å². The Morgan fingerprint density at radius 1 is 1.42 bits per heavy atom. The van der Waals surface area contributed by atoms with Crippen molar-refractivity contribution in [2.75, 3.05) is 13.7 Å². The molecule has 0 fully saturated rings. The summed E-state index contributed by atoms with van der Waals surface area (Å²) < 4.78 is 5.82. The summed E-state index contributed by atoms with van der Waals surface area (Å²) in [5.41, 5.74) is 2.92. The molecule has 0 saturated carbocycles. The molecule has 19 heavy (non-hydrogen) atoms. The third kappa shape index (κ3) is 1.59. The normalized spacial score (nSPS) is 24.7. The van der Waals surface area contributed by atoms with Crippen LogP contribution >= 0.6 is 0 Å². The van der Waals surface area contributed by atoms with E-state index in [1.165, 1.54) is 17.7 Å². The minimum atomic E-state index is -0.496. The Morgan fingerprint density at radius 2 is 2.16 bits per heavy atom. The predicted octanol–water partition coefficient (Wildman–Crippen LogP) is 2.36. The van der Waals surface area contributed by atoms with Crippen molar-refractivity contribution in [2.45, 2.75) is 38.6 Å². The van der Waals surface area contributed by atoms with E-state index in [2.05, 4.69) is 26.0 Å². The van der Waals surface area contributed by atoms with Crippen molar-refractivity contribution >= 4 is 5.91 Å². The Kier molecular flexibility index (Phi) is 2.61. The van der Waals surface area contributed by atoms with Crippen LogP contribution in [0.2, 0.25) is 0 Å². The Balaban J connectivity index is 2.20. The molecular formula is C15H19NO3. The lowest BCUT2D eigenvalue weighted by molar-refractivity contribution is -0.212. The van der Waals surface area contributed by atoms with Gasteiger partial charge in [0.25, 0.3) is 5.91 Å². The number of benzene rings is 1. The third-order valence-corrected chi connectivity index (χ3v) is 4.12. The molecule has 2 aliphatic rings. The van der Waals surface area contributed by atoms with Crippen molar-refractivity contribution in [3.05, 3.63) is 28.8 Å². The third-order valence-electron chi connectivity index (χ3n) is 4.12. The summed E-state index contributed by atoms with van der Waals surface area (Å²) in [4.78, 5) is 17.5. The number of nitrogens with zero attached hydrogens (tertiary/aromatic N) is 1. The summed E-state index contributed by atoms with van der Waals surface area (Å²) in [6.07, 6.45) is 0.385. The maximum Gasteiger partial charge on any atom is 0.251 e. The van der Waals surface area contributed by atoms with Crippen molar-refractivity contribution in [1.29, 1.82) is 0 Å². The summed E-state index contributed by atoms with van der Waals surface area (Å²) >= 11 is 0. The second-order valence-corrected chi connectivity index (χ2v) is 5.82. The first-order valence-corrected chi connectivity index (χ1v) is 6.64. The second kappa shape index (κ2) is 3.97. The molecule has 0 aliphatic carbocycles. The van der Waals surface area contributed by atoms with E-state index in [1.54, 1.807) is 0 Å². The molecule has 4 heteroatoms. The van der Waals surface area contributed by atoms with Gasteiger partial charge in [0.15, 0.2) is 0 Å². The topological polar surface area (TPSA) is 38.8 Å². The molecule has 4 nitrogen and oxygen atoms in total. The summed E-state index contributed by atoms with van der Waals surface area (Å²) in [5, 5.41) is 1.46. The van der Waals surface area contributed by atoms with Gasteiger partial charge in [-0.05, 0) is 30.0 Å². The quantitative estimate of drug-likeness (QED) is 0.820. The Hall–Kier alpha value is -1.55. The molecule has 2 aliphatic heterocycles. The van der Waals surface area contributed by atoms with Gasteiger partial charge >= 0.3 is 0 Å². The van der Waals surface area contributed by atoms with Crippen LogP contribution in [0.4, 0.5) is 0 Å². The molecule has 0 N–H and O–H groups in total. The summed E-state index contributed by atoms with van der Waals surface area (Å²) in [6, 6.07) is 4.24. The molecule has 0 bridgehead atoms. The lowest BCUT2D eigenvalue weighted by atomic mass is 9.82. The van der Waals surface area contributed by atoms with Gasteiger partial charge in [0.1, 0.15) is 17.9 Å². The monoisotopic (exact) mass is 261 g/mol. The number of hydrogen-bond acceptors (Lipinski definition) is 3. The predicted molar refractivity (Wildman–Crippen MR) is 70.9 cm³/mol. The van der Waals surface area contributed by atoms with E-state index < -0.39 is 5.54 Å². The van der Waals surface area contributed by atoms with Crippen LogP contribution in [0.25, 0.3) is 0 Å². The molecular weight excluding hydrogens is 242 g/mol. The number of hydrogen-bond donors (Lipinski definition) is 0. The molecule has 102 valence electrons. The van der Waals surface area contributed by atoms with E-state index >= 15 is 0 Å². The number of ether oxygens (including phenoxy) is 1. The first-order chi connectivity index (χ1) is 8.97. The zero-order chi connectivity index (χ0) is 13.8. The van der Waals surface area contributed by atoms with Crippen LogP contribution in [0.15, 0.2) is 12.1 Å². The Morgan fingerprint density at radius 3 is 2.79 bits per heavy atom. The van der Waals surface area contributed by atoms with Gasteiger partial charge in [-0.3, -0.25) is 9.63 Å². The van der Waals surface area contributed by atoms with Gasteiger partial charge < -0.3 is 4.74 Å². The van der Waals surface area contributed by atoms with Gasteiger partial charge in [-0.1, -0.05) is 19.9 Å². The van der Waals surface area contributed by atoms with Crippen LogP contribution in [0.5, 0.6) is 5.75 Å². The lowest BCUT2D eigenvalue weighted by Gasteiger charge is -2.39. The number of rotatable bonds is 2. The molecule has 0 radical (unpaired) electrons. The largest absolute Gasteiger partial charge is 0.490 e. The maximum atomic E-state index is 12.2. The highest BCUT2D eigenvalue weighted by Gasteiger charge is 2.49. The fourth-order valence-electron chi connectivity index (χ4n) is 3.16. The number of carbonyl (C=O) groups excluding carboxylic acids is 1. The Labute approximate surface area is 113 Å². The average molecular weight is 261 g/mol. The highest BCUT2D eigenvalue weighted by Crippen LogP contribution is 2.47. The van der Waals surface area contributed by atoms with Crippen molar-refractivity contribution in [3.8, 4) is 5.75 Å². The molecule has 0 saturated heterocycles. The zero-order valence-electron chi connectivity index (χ0n) is 11.8. The van der Waals surface area contributed by atoms with Gasteiger partial charge in [-0.25, -0.2) is 5.06 Å². The first-order valence-electron chi connectivity index (χ1n) is 6.64.